The van der Waals surface area contributed by atoms with E-state index in [9.17, 15) is 8.42 Å². The normalized spacial score (nSPS) is 18.8. The molecule has 1 aliphatic heterocycles. The van der Waals surface area contributed by atoms with Gasteiger partial charge in [-0.15, -0.1) is 0 Å². The first-order valence-electron chi connectivity index (χ1n) is 8.35. The average Bonchev–Trinajstić information content (AvgIpc) is 2.62. The highest BCUT2D eigenvalue weighted by atomic mass is 32.2. The van der Waals surface area contributed by atoms with Crippen molar-refractivity contribution >= 4 is 16.0 Å². The molecule has 25 heavy (non-hydrogen) atoms. The van der Waals surface area contributed by atoms with Crippen LogP contribution in [-0.2, 0) is 16.6 Å². The van der Waals surface area contributed by atoms with Gasteiger partial charge < -0.3 is 5.32 Å². The Morgan fingerprint density at radius 1 is 1.20 bits per heavy atom. The molecule has 2 aromatic rings. The van der Waals surface area contributed by atoms with Crippen molar-refractivity contribution in [3.63, 3.8) is 0 Å². The minimum Gasteiger partial charge on any atom is -0.357 e. The number of nitrogens with zero attached hydrogens (tertiary/aromatic N) is 3. The standard InChI is InChI=1S/C17H23N5O2S/c1-18-17-19-10-16(11-20-17)25(23,24)21-15-8-5-9-22(13-15)12-14-6-3-2-4-7-14/h2-4,6-7,10-11,15,21H,5,8-9,12-13H2,1H3,(H,18,19,20). The van der Waals surface area contributed by atoms with Crippen LogP contribution in [0.1, 0.15) is 18.4 Å². The van der Waals surface area contributed by atoms with E-state index in [0.717, 1.165) is 25.9 Å². The Morgan fingerprint density at radius 3 is 2.60 bits per heavy atom. The second-order valence-corrected chi connectivity index (χ2v) is 7.89. The molecule has 1 fully saturated rings. The van der Waals surface area contributed by atoms with Crippen LogP contribution in [0.4, 0.5) is 5.95 Å². The molecule has 1 aromatic carbocycles. The van der Waals surface area contributed by atoms with E-state index in [1.54, 1.807) is 7.05 Å². The number of rotatable bonds is 6. The number of sulfonamides is 1. The van der Waals surface area contributed by atoms with E-state index in [4.69, 9.17) is 0 Å². The maximum atomic E-state index is 12.5. The molecule has 7 nitrogen and oxygen atoms in total. The molecule has 1 aliphatic rings. The molecule has 134 valence electrons. The predicted octanol–water partition coefficient (Wildman–Crippen LogP) is 1.46. The van der Waals surface area contributed by atoms with Crippen LogP contribution >= 0.6 is 0 Å². The first-order valence-corrected chi connectivity index (χ1v) is 9.83. The summed E-state index contributed by atoms with van der Waals surface area (Å²) in [5.41, 5.74) is 1.24. The lowest BCUT2D eigenvalue weighted by Gasteiger charge is -2.33. The molecule has 2 N–H and O–H groups in total. The fourth-order valence-electron chi connectivity index (χ4n) is 3.01. The summed E-state index contributed by atoms with van der Waals surface area (Å²) in [5.74, 6) is 0.394. The second kappa shape index (κ2) is 7.90. The number of nitrogens with one attached hydrogen (secondary N) is 2. The lowest BCUT2D eigenvalue weighted by molar-refractivity contribution is 0.194. The summed E-state index contributed by atoms with van der Waals surface area (Å²) >= 11 is 0. The van der Waals surface area contributed by atoms with Crippen molar-refractivity contribution in [1.82, 2.24) is 19.6 Å². The predicted molar refractivity (Wildman–Crippen MR) is 96.6 cm³/mol. The summed E-state index contributed by atoms with van der Waals surface area (Å²) in [6.45, 7) is 2.51. The van der Waals surface area contributed by atoms with Crippen LogP contribution in [-0.4, -0.2) is 49.5 Å². The van der Waals surface area contributed by atoms with Crippen LogP contribution in [0.5, 0.6) is 0 Å². The van der Waals surface area contributed by atoms with Gasteiger partial charge >= 0.3 is 0 Å². The lowest BCUT2D eigenvalue weighted by atomic mass is 10.1. The number of benzene rings is 1. The van der Waals surface area contributed by atoms with Crippen molar-refractivity contribution in [2.24, 2.45) is 0 Å². The summed E-state index contributed by atoms with van der Waals surface area (Å²) < 4.78 is 27.9. The molecule has 0 amide bonds. The molecule has 1 aromatic heterocycles. The number of piperidine rings is 1. The first kappa shape index (κ1) is 17.8. The van der Waals surface area contributed by atoms with Crippen LogP contribution in [0.2, 0.25) is 0 Å². The van der Waals surface area contributed by atoms with E-state index >= 15 is 0 Å². The third-order valence-corrected chi connectivity index (χ3v) is 5.71. The monoisotopic (exact) mass is 361 g/mol. The maximum Gasteiger partial charge on any atom is 0.243 e. The zero-order valence-electron chi connectivity index (χ0n) is 14.2. The van der Waals surface area contributed by atoms with Crippen molar-refractivity contribution in [3.8, 4) is 0 Å². The number of aromatic nitrogens is 2. The van der Waals surface area contributed by atoms with Gasteiger partial charge in [-0.1, -0.05) is 30.3 Å². The van der Waals surface area contributed by atoms with E-state index in [1.807, 2.05) is 18.2 Å². The van der Waals surface area contributed by atoms with E-state index in [-0.39, 0.29) is 10.9 Å². The highest BCUT2D eigenvalue weighted by Crippen LogP contribution is 2.16. The minimum atomic E-state index is -3.61. The van der Waals surface area contributed by atoms with Crippen LogP contribution in [0.15, 0.2) is 47.6 Å². The largest absolute Gasteiger partial charge is 0.357 e. The zero-order chi connectivity index (χ0) is 17.7. The Labute approximate surface area is 148 Å². The smallest absolute Gasteiger partial charge is 0.243 e. The molecule has 1 unspecified atom stereocenters. The van der Waals surface area contributed by atoms with Gasteiger partial charge in [0.25, 0.3) is 0 Å². The van der Waals surface area contributed by atoms with Gasteiger partial charge in [0, 0.05) is 26.2 Å². The molecular formula is C17H23N5O2S. The van der Waals surface area contributed by atoms with Crippen molar-refractivity contribution in [3.05, 3.63) is 48.3 Å². The number of anilines is 1. The minimum absolute atomic E-state index is 0.0895. The van der Waals surface area contributed by atoms with Crippen molar-refractivity contribution in [1.29, 1.82) is 0 Å². The molecule has 0 bridgehead atoms. The highest BCUT2D eigenvalue weighted by Gasteiger charge is 2.25. The van der Waals surface area contributed by atoms with Crippen molar-refractivity contribution < 1.29 is 8.42 Å². The number of hydrogen-bond donors (Lipinski definition) is 2. The topological polar surface area (TPSA) is 87.2 Å². The second-order valence-electron chi connectivity index (χ2n) is 6.17. The van der Waals surface area contributed by atoms with Gasteiger partial charge in [0.15, 0.2) is 0 Å². The third-order valence-electron chi connectivity index (χ3n) is 4.24. The van der Waals surface area contributed by atoms with Crippen LogP contribution in [0, 0.1) is 0 Å². The molecule has 1 atom stereocenters. The Kier molecular flexibility index (Phi) is 5.62. The molecule has 0 aliphatic carbocycles. The van der Waals surface area contributed by atoms with E-state index in [0.29, 0.717) is 12.5 Å². The van der Waals surface area contributed by atoms with Crippen molar-refractivity contribution in [2.45, 2.75) is 30.3 Å². The van der Waals surface area contributed by atoms with Gasteiger partial charge in [0.2, 0.25) is 16.0 Å². The van der Waals surface area contributed by atoms with Crippen LogP contribution in [0.3, 0.4) is 0 Å². The van der Waals surface area contributed by atoms with E-state index in [1.165, 1.54) is 18.0 Å². The van der Waals surface area contributed by atoms with Gasteiger partial charge in [-0.05, 0) is 24.9 Å². The summed E-state index contributed by atoms with van der Waals surface area (Å²) in [6, 6.07) is 10.1. The summed E-state index contributed by atoms with van der Waals surface area (Å²) in [5, 5.41) is 2.77. The Hall–Kier alpha value is -2.03. The van der Waals surface area contributed by atoms with E-state index < -0.39 is 10.0 Å². The molecule has 0 saturated carbocycles. The molecule has 8 heteroatoms. The molecule has 0 spiro atoms. The molecule has 2 heterocycles. The fourth-order valence-corrected chi connectivity index (χ4v) is 4.16. The Balaban J connectivity index is 1.63. The fraction of sp³-hybridized carbons (Fsp3) is 0.412. The molecule has 3 rings (SSSR count). The van der Waals surface area contributed by atoms with Gasteiger partial charge in [0.05, 0.1) is 12.4 Å². The van der Waals surface area contributed by atoms with Gasteiger partial charge in [-0.3, -0.25) is 4.90 Å². The van der Waals surface area contributed by atoms with Crippen molar-refractivity contribution in [2.75, 3.05) is 25.5 Å². The van der Waals surface area contributed by atoms with Gasteiger partial charge in [0.1, 0.15) is 4.90 Å². The molecule has 1 saturated heterocycles. The highest BCUT2D eigenvalue weighted by molar-refractivity contribution is 7.89. The van der Waals surface area contributed by atoms with E-state index in [2.05, 4.69) is 37.0 Å². The maximum absolute atomic E-state index is 12.5. The summed E-state index contributed by atoms with van der Waals surface area (Å²) in [4.78, 5) is 10.3. The van der Waals surface area contributed by atoms with Gasteiger partial charge in [-0.25, -0.2) is 23.1 Å². The van der Waals surface area contributed by atoms with Crippen LogP contribution in [0.25, 0.3) is 0 Å². The lowest BCUT2D eigenvalue weighted by Crippen LogP contribution is -2.47. The SMILES string of the molecule is CNc1ncc(S(=O)(=O)NC2CCCN(Cc3ccccc3)C2)cn1. The molecular weight excluding hydrogens is 338 g/mol. The Bertz CT molecular complexity index is 780. The quantitative estimate of drug-likeness (QED) is 0.810. The average molecular weight is 361 g/mol. The zero-order valence-corrected chi connectivity index (χ0v) is 15.0. The first-order chi connectivity index (χ1) is 12.1. The summed E-state index contributed by atoms with van der Waals surface area (Å²) in [7, 11) is -1.92. The summed E-state index contributed by atoms with van der Waals surface area (Å²) in [6.07, 6.45) is 4.45. The number of likely N-dealkylation sites (tertiary alicyclic amines) is 1. The third kappa shape index (κ3) is 4.75. The van der Waals surface area contributed by atoms with Gasteiger partial charge in [-0.2, -0.15) is 0 Å². The number of hydrogen-bond acceptors (Lipinski definition) is 6. The molecule has 0 radical (unpaired) electrons. The van der Waals surface area contributed by atoms with Crippen LogP contribution < -0.4 is 10.0 Å². The Morgan fingerprint density at radius 2 is 1.92 bits per heavy atom.